The highest BCUT2D eigenvalue weighted by molar-refractivity contribution is 5.14. The molecule has 0 amide bonds. The summed E-state index contributed by atoms with van der Waals surface area (Å²) in [5.74, 6) is 0.509. The monoisotopic (exact) mass is 318 g/mol. The molecule has 2 aromatic rings. The molecule has 2 fully saturated rings. The molecule has 0 aromatic carbocycles. The zero-order chi connectivity index (χ0) is 15.8. The van der Waals surface area contributed by atoms with Crippen molar-refractivity contribution in [3.63, 3.8) is 0 Å². The van der Waals surface area contributed by atoms with Gasteiger partial charge in [0.1, 0.15) is 5.82 Å². The van der Waals surface area contributed by atoms with Crippen molar-refractivity contribution in [3.8, 4) is 0 Å². The molecular weight excluding hydrogens is 299 g/mol. The lowest BCUT2D eigenvalue weighted by atomic mass is 10.2. The summed E-state index contributed by atoms with van der Waals surface area (Å²) in [6.45, 7) is 0.468. The van der Waals surface area contributed by atoms with Crippen LogP contribution < -0.4 is 0 Å². The molecule has 1 aliphatic heterocycles. The summed E-state index contributed by atoms with van der Waals surface area (Å²) < 4.78 is 15.9. The van der Waals surface area contributed by atoms with Gasteiger partial charge >= 0.3 is 0 Å². The Hall–Kier alpha value is -1.93. The van der Waals surface area contributed by atoms with Crippen molar-refractivity contribution in [2.24, 2.45) is 0 Å². The van der Waals surface area contributed by atoms with E-state index < -0.39 is 0 Å². The van der Waals surface area contributed by atoms with Gasteiger partial charge in [-0.3, -0.25) is 9.88 Å². The Bertz CT molecular complexity index is 688. The molecule has 2 aromatic heterocycles. The second kappa shape index (κ2) is 5.93. The third-order valence-electron chi connectivity index (χ3n) is 4.77. The van der Waals surface area contributed by atoms with Gasteiger partial charge in [-0.2, -0.15) is 0 Å². The van der Waals surface area contributed by atoms with Crippen molar-refractivity contribution < 1.29 is 9.50 Å². The molecule has 0 unspecified atom stereocenters. The second-order valence-electron chi connectivity index (χ2n) is 6.28. The van der Waals surface area contributed by atoms with Crippen LogP contribution in [0.2, 0.25) is 0 Å². The van der Waals surface area contributed by atoms with Crippen LogP contribution in [0, 0.1) is 5.82 Å². The van der Waals surface area contributed by atoms with Crippen LogP contribution in [0.25, 0.3) is 0 Å². The van der Waals surface area contributed by atoms with Gasteiger partial charge in [0.2, 0.25) is 0 Å². The molecular formula is C15H19FN6O. The molecule has 0 bridgehead atoms. The van der Waals surface area contributed by atoms with E-state index in [2.05, 4.69) is 25.4 Å². The highest BCUT2D eigenvalue weighted by atomic mass is 19.1. The molecule has 8 heteroatoms. The Morgan fingerprint density at radius 3 is 2.87 bits per heavy atom. The minimum atomic E-state index is -0.323. The Labute approximate surface area is 133 Å². The maximum atomic E-state index is 14.0. The molecule has 3 heterocycles. The van der Waals surface area contributed by atoms with Gasteiger partial charge in [0.15, 0.2) is 5.82 Å². The Kier molecular flexibility index (Phi) is 3.78. The molecule has 0 spiro atoms. The largest absolute Gasteiger partial charge is 0.395 e. The number of likely N-dealkylation sites (tertiary alicyclic amines) is 1. The zero-order valence-corrected chi connectivity index (χ0v) is 12.7. The quantitative estimate of drug-likeness (QED) is 0.893. The predicted octanol–water partition coefficient (Wildman–Crippen LogP) is 1.24. The van der Waals surface area contributed by atoms with Crippen molar-refractivity contribution in [1.82, 2.24) is 30.1 Å². The number of aliphatic hydroxyl groups excluding tert-OH is 1. The minimum absolute atomic E-state index is 0.00285. The number of hydrogen-bond acceptors (Lipinski definition) is 6. The standard InChI is InChI=1S/C15H19FN6O/c16-13-7-17-6-5-10(13)8-21-12(9-23)3-4-14(21)15-18-19-20-22(15)11-1-2-11/h5-7,11-12,14,23H,1-4,8-9H2/t12-,14-/m0/s1. The summed E-state index contributed by atoms with van der Waals surface area (Å²) in [4.78, 5) is 5.91. The Morgan fingerprint density at radius 1 is 1.26 bits per heavy atom. The van der Waals surface area contributed by atoms with Crippen LogP contribution in [-0.4, -0.2) is 47.8 Å². The predicted molar refractivity (Wildman–Crippen MR) is 78.7 cm³/mol. The van der Waals surface area contributed by atoms with Crippen molar-refractivity contribution in [1.29, 1.82) is 0 Å². The van der Waals surface area contributed by atoms with E-state index in [1.54, 1.807) is 12.3 Å². The topological polar surface area (TPSA) is 80.0 Å². The lowest BCUT2D eigenvalue weighted by Crippen LogP contribution is -2.35. The molecule has 0 radical (unpaired) electrons. The maximum absolute atomic E-state index is 14.0. The Morgan fingerprint density at radius 2 is 2.13 bits per heavy atom. The SMILES string of the molecule is OC[C@@H]1CC[C@@H](c2nnnn2C2CC2)N1Cc1ccncc1F. The molecule has 2 aliphatic rings. The smallest absolute Gasteiger partial charge is 0.168 e. The van der Waals surface area contributed by atoms with E-state index >= 15 is 0 Å². The number of tetrazole rings is 1. The zero-order valence-electron chi connectivity index (χ0n) is 12.7. The first kappa shape index (κ1) is 14.6. The highest BCUT2D eigenvalue weighted by Gasteiger charge is 2.39. The number of hydrogen-bond donors (Lipinski definition) is 1. The molecule has 23 heavy (non-hydrogen) atoms. The van der Waals surface area contributed by atoms with E-state index in [4.69, 9.17) is 0 Å². The van der Waals surface area contributed by atoms with Crippen molar-refractivity contribution in [2.75, 3.05) is 6.61 Å². The van der Waals surface area contributed by atoms with Gasteiger partial charge in [0, 0.05) is 24.3 Å². The van der Waals surface area contributed by atoms with Crippen LogP contribution >= 0.6 is 0 Å². The van der Waals surface area contributed by atoms with Crippen LogP contribution in [0.1, 0.15) is 49.2 Å². The average Bonchev–Trinajstić information content (AvgIpc) is 3.16. The molecule has 7 nitrogen and oxygen atoms in total. The summed E-state index contributed by atoms with van der Waals surface area (Å²) in [7, 11) is 0. The van der Waals surface area contributed by atoms with Crippen molar-refractivity contribution >= 4 is 0 Å². The van der Waals surface area contributed by atoms with Crippen molar-refractivity contribution in [3.05, 3.63) is 35.7 Å². The fourth-order valence-corrected chi connectivity index (χ4v) is 3.38. The fourth-order valence-electron chi connectivity index (χ4n) is 3.38. The van der Waals surface area contributed by atoms with Crippen LogP contribution in [0.5, 0.6) is 0 Å². The van der Waals surface area contributed by atoms with Gasteiger partial charge in [-0.25, -0.2) is 9.07 Å². The Balaban J connectivity index is 1.63. The first-order chi connectivity index (χ1) is 11.3. The first-order valence-corrected chi connectivity index (χ1v) is 8.00. The maximum Gasteiger partial charge on any atom is 0.168 e. The number of nitrogens with zero attached hydrogens (tertiary/aromatic N) is 6. The third-order valence-corrected chi connectivity index (χ3v) is 4.77. The van der Waals surface area contributed by atoms with Crippen LogP contribution in [0.3, 0.4) is 0 Å². The van der Waals surface area contributed by atoms with Crippen LogP contribution in [0.15, 0.2) is 18.5 Å². The van der Waals surface area contributed by atoms with Crippen molar-refractivity contribution in [2.45, 2.75) is 50.4 Å². The van der Waals surface area contributed by atoms with E-state index in [0.29, 0.717) is 18.2 Å². The molecule has 4 rings (SSSR count). The molecule has 122 valence electrons. The van der Waals surface area contributed by atoms with Gasteiger partial charge in [-0.1, -0.05) is 0 Å². The van der Waals surface area contributed by atoms with E-state index in [9.17, 15) is 9.50 Å². The molecule has 1 saturated carbocycles. The number of aliphatic hydroxyl groups is 1. The second-order valence-corrected chi connectivity index (χ2v) is 6.28. The lowest BCUT2D eigenvalue weighted by molar-refractivity contribution is 0.115. The first-order valence-electron chi connectivity index (χ1n) is 8.00. The van der Waals surface area contributed by atoms with E-state index in [1.807, 2.05) is 4.68 Å². The van der Waals surface area contributed by atoms with E-state index in [0.717, 1.165) is 31.5 Å². The number of aromatic nitrogens is 5. The summed E-state index contributed by atoms with van der Waals surface area (Å²) in [6, 6.07) is 2.09. The number of rotatable bonds is 5. The number of pyridine rings is 1. The summed E-state index contributed by atoms with van der Waals surface area (Å²) in [5, 5.41) is 21.8. The molecule has 2 atom stereocenters. The van der Waals surface area contributed by atoms with E-state index in [1.165, 1.54) is 6.20 Å². The van der Waals surface area contributed by atoms with Gasteiger partial charge in [0.05, 0.1) is 24.9 Å². The van der Waals surface area contributed by atoms with E-state index in [-0.39, 0.29) is 24.5 Å². The summed E-state index contributed by atoms with van der Waals surface area (Å²) >= 11 is 0. The van der Waals surface area contributed by atoms with Gasteiger partial charge in [0.25, 0.3) is 0 Å². The molecule has 1 N–H and O–H groups in total. The molecule has 1 aliphatic carbocycles. The van der Waals surface area contributed by atoms with Gasteiger partial charge in [-0.15, -0.1) is 5.10 Å². The summed E-state index contributed by atoms with van der Waals surface area (Å²) in [6.07, 6.45) is 6.74. The van der Waals surface area contributed by atoms with Crippen LogP contribution in [-0.2, 0) is 6.54 Å². The highest BCUT2D eigenvalue weighted by Crippen LogP contribution is 2.41. The van der Waals surface area contributed by atoms with Crippen LogP contribution in [0.4, 0.5) is 4.39 Å². The normalized spacial score (nSPS) is 25.1. The third kappa shape index (κ3) is 2.72. The summed E-state index contributed by atoms with van der Waals surface area (Å²) in [5.41, 5.74) is 0.579. The fraction of sp³-hybridized carbons (Fsp3) is 0.600. The lowest BCUT2D eigenvalue weighted by Gasteiger charge is -2.28. The van der Waals surface area contributed by atoms with Gasteiger partial charge < -0.3 is 5.11 Å². The average molecular weight is 318 g/mol. The molecule has 1 saturated heterocycles. The minimum Gasteiger partial charge on any atom is -0.395 e. The van der Waals surface area contributed by atoms with Gasteiger partial charge in [-0.05, 0) is 42.2 Å². The number of halogens is 1.